The van der Waals surface area contributed by atoms with E-state index in [4.69, 9.17) is 4.98 Å². The number of H-pyrrole nitrogens is 1. The van der Waals surface area contributed by atoms with Gasteiger partial charge in [0, 0.05) is 19.6 Å². The Kier molecular flexibility index (Phi) is 3.94. The highest BCUT2D eigenvalue weighted by Crippen LogP contribution is 2.31. The summed E-state index contributed by atoms with van der Waals surface area (Å²) >= 11 is 0. The van der Waals surface area contributed by atoms with E-state index >= 15 is 0 Å². The molecule has 0 aliphatic heterocycles. The number of nitrogens with one attached hydrogen (secondary N) is 2. The average Bonchev–Trinajstić information content (AvgIpc) is 3.14. The maximum Gasteiger partial charge on any atom is 0.226 e. The minimum absolute atomic E-state index is 0.582. The minimum atomic E-state index is 0.582. The van der Waals surface area contributed by atoms with Gasteiger partial charge in [-0.15, -0.1) is 0 Å². The lowest BCUT2D eigenvalue weighted by molar-refractivity contribution is 0.532. The number of hydrogen-bond acceptors (Lipinski definition) is 5. The van der Waals surface area contributed by atoms with Gasteiger partial charge in [0.25, 0.3) is 0 Å². The second-order valence-electron chi connectivity index (χ2n) is 6.21. The van der Waals surface area contributed by atoms with Gasteiger partial charge in [-0.3, -0.25) is 0 Å². The van der Waals surface area contributed by atoms with E-state index in [1.165, 1.54) is 25.7 Å². The summed E-state index contributed by atoms with van der Waals surface area (Å²) in [6.07, 6.45) is 6.83. The summed E-state index contributed by atoms with van der Waals surface area (Å²) in [5.41, 5.74) is 1.68. The van der Waals surface area contributed by atoms with Gasteiger partial charge in [-0.1, -0.05) is 26.7 Å². The summed E-state index contributed by atoms with van der Waals surface area (Å²) in [4.78, 5) is 19.1. The zero-order valence-electron chi connectivity index (χ0n) is 13.1. The quantitative estimate of drug-likeness (QED) is 0.885. The Morgan fingerprint density at radius 2 is 2.10 bits per heavy atom. The van der Waals surface area contributed by atoms with Gasteiger partial charge in [0.2, 0.25) is 5.95 Å². The highest BCUT2D eigenvalue weighted by molar-refractivity contribution is 5.84. The molecule has 0 radical (unpaired) electrons. The second-order valence-corrected chi connectivity index (χ2v) is 6.21. The van der Waals surface area contributed by atoms with Crippen molar-refractivity contribution in [3.8, 4) is 0 Å². The molecule has 0 aromatic carbocycles. The lowest BCUT2D eigenvalue weighted by Crippen LogP contribution is -2.37. The molecule has 6 heteroatoms. The maximum atomic E-state index is 4.72. The van der Waals surface area contributed by atoms with Crippen molar-refractivity contribution in [2.24, 2.45) is 5.92 Å². The van der Waals surface area contributed by atoms with Crippen LogP contribution in [0.25, 0.3) is 11.2 Å². The maximum absolute atomic E-state index is 4.72. The Morgan fingerprint density at radius 3 is 2.76 bits per heavy atom. The number of aromatic nitrogens is 4. The number of hydrogen-bond donors (Lipinski definition) is 2. The number of fused-ring (bicyclic) bond motifs is 1. The van der Waals surface area contributed by atoms with E-state index in [-0.39, 0.29) is 0 Å². The summed E-state index contributed by atoms with van der Waals surface area (Å²) < 4.78 is 0. The molecule has 1 saturated carbocycles. The first kappa shape index (κ1) is 14.1. The number of anilines is 2. The van der Waals surface area contributed by atoms with Crippen molar-refractivity contribution >= 4 is 22.9 Å². The van der Waals surface area contributed by atoms with Crippen LogP contribution in [0.4, 0.5) is 11.8 Å². The monoisotopic (exact) mass is 288 g/mol. The zero-order valence-corrected chi connectivity index (χ0v) is 13.1. The first-order valence-corrected chi connectivity index (χ1v) is 7.84. The molecule has 3 rings (SSSR count). The molecular formula is C15H24N6. The predicted octanol–water partition coefficient (Wildman–Crippen LogP) is 2.80. The molecule has 0 atom stereocenters. The SMILES string of the molecule is CNc1nc(N(CC(C)C)C2CCCC2)c2[nH]cnc2n1. The molecule has 2 aromatic rings. The summed E-state index contributed by atoms with van der Waals surface area (Å²) in [6, 6.07) is 0.582. The first-order valence-electron chi connectivity index (χ1n) is 7.84. The Morgan fingerprint density at radius 1 is 1.33 bits per heavy atom. The van der Waals surface area contributed by atoms with Crippen molar-refractivity contribution in [1.29, 1.82) is 0 Å². The molecule has 2 N–H and O–H groups in total. The van der Waals surface area contributed by atoms with E-state index < -0.39 is 0 Å². The van der Waals surface area contributed by atoms with Gasteiger partial charge in [0.1, 0.15) is 5.52 Å². The number of rotatable bonds is 5. The lowest BCUT2D eigenvalue weighted by Gasteiger charge is -2.32. The van der Waals surface area contributed by atoms with Crippen LogP contribution in [0.15, 0.2) is 6.33 Å². The molecule has 0 unspecified atom stereocenters. The highest BCUT2D eigenvalue weighted by atomic mass is 15.3. The van der Waals surface area contributed by atoms with E-state index in [0.717, 1.165) is 23.5 Å². The van der Waals surface area contributed by atoms with Gasteiger partial charge < -0.3 is 15.2 Å². The highest BCUT2D eigenvalue weighted by Gasteiger charge is 2.27. The van der Waals surface area contributed by atoms with Crippen LogP contribution in [0.1, 0.15) is 39.5 Å². The molecule has 2 aromatic heterocycles. The van der Waals surface area contributed by atoms with Crippen LogP contribution in [0.5, 0.6) is 0 Å². The van der Waals surface area contributed by atoms with Gasteiger partial charge in [-0.05, 0) is 18.8 Å². The van der Waals surface area contributed by atoms with Gasteiger partial charge in [-0.2, -0.15) is 9.97 Å². The van der Waals surface area contributed by atoms with Gasteiger partial charge >= 0.3 is 0 Å². The van der Waals surface area contributed by atoms with Crippen LogP contribution >= 0.6 is 0 Å². The summed E-state index contributed by atoms with van der Waals surface area (Å²) in [5.74, 6) is 2.22. The van der Waals surface area contributed by atoms with Crippen LogP contribution in [0, 0.1) is 5.92 Å². The van der Waals surface area contributed by atoms with Crippen LogP contribution in [-0.2, 0) is 0 Å². The fraction of sp³-hybridized carbons (Fsp3) is 0.667. The topological polar surface area (TPSA) is 69.7 Å². The van der Waals surface area contributed by atoms with Crippen LogP contribution in [0.3, 0.4) is 0 Å². The second kappa shape index (κ2) is 5.87. The Bertz CT molecular complexity index is 599. The molecule has 1 aliphatic carbocycles. The van der Waals surface area contributed by atoms with Crippen LogP contribution in [0.2, 0.25) is 0 Å². The minimum Gasteiger partial charge on any atom is -0.357 e. The molecule has 6 nitrogen and oxygen atoms in total. The van der Waals surface area contributed by atoms with Gasteiger partial charge in [-0.25, -0.2) is 4.98 Å². The standard InChI is InChI=1S/C15H24N6/c1-10(2)8-21(11-6-4-5-7-11)14-12-13(18-9-17-12)19-15(16-3)20-14/h9-11H,4-8H2,1-3H3,(H2,16,17,18,19,20). The summed E-state index contributed by atoms with van der Waals surface area (Å²) in [6.45, 7) is 5.53. The number of nitrogens with zero attached hydrogens (tertiary/aromatic N) is 4. The summed E-state index contributed by atoms with van der Waals surface area (Å²) in [5, 5.41) is 3.05. The predicted molar refractivity (Wildman–Crippen MR) is 85.7 cm³/mol. The van der Waals surface area contributed by atoms with Crippen LogP contribution in [-0.4, -0.2) is 39.6 Å². The number of imidazole rings is 1. The molecule has 1 fully saturated rings. The molecule has 0 bridgehead atoms. The van der Waals surface area contributed by atoms with E-state index in [0.29, 0.717) is 17.9 Å². The molecule has 0 spiro atoms. The third-order valence-corrected chi connectivity index (χ3v) is 4.09. The lowest BCUT2D eigenvalue weighted by atomic mass is 10.1. The van der Waals surface area contributed by atoms with Gasteiger partial charge in [0.15, 0.2) is 11.5 Å². The molecule has 114 valence electrons. The Hall–Kier alpha value is -1.85. The van der Waals surface area contributed by atoms with E-state index in [2.05, 4.69) is 39.0 Å². The Balaban J connectivity index is 2.06. The van der Waals surface area contributed by atoms with Crippen molar-refractivity contribution in [3.63, 3.8) is 0 Å². The molecule has 21 heavy (non-hydrogen) atoms. The third kappa shape index (κ3) is 2.80. The molecule has 2 heterocycles. The molecule has 0 saturated heterocycles. The molecular weight excluding hydrogens is 264 g/mol. The van der Waals surface area contributed by atoms with E-state index in [1.54, 1.807) is 6.33 Å². The summed E-state index contributed by atoms with van der Waals surface area (Å²) in [7, 11) is 1.85. The smallest absolute Gasteiger partial charge is 0.226 e. The fourth-order valence-electron chi connectivity index (χ4n) is 3.16. The number of aromatic amines is 1. The zero-order chi connectivity index (χ0) is 14.8. The van der Waals surface area contributed by atoms with Crippen molar-refractivity contribution in [3.05, 3.63) is 6.33 Å². The third-order valence-electron chi connectivity index (χ3n) is 4.09. The largest absolute Gasteiger partial charge is 0.357 e. The average molecular weight is 288 g/mol. The Labute approximate surface area is 125 Å². The van der Waals surface area contributed by atoms with Crippen molar-refractivity contribution in [1.82, 2.24) is 19.9 Å². The van der Waals surface area contributed by atoms with E-state index in [9.17, 15) is 0 Å². The van der Waals surface area contributed by atoms with Crippen LogP contribution < -0.4 is 10.2 Å². The fourth-order valence-corrected chi connectivity index (χ4v) is 3.16. The molecule has 1 aliphatic rings. The van der Waals surface area contributed by atoms with Crippen molar-refractivity contribution < 1.29 is 0 Å². The van der Waals surface area contributed by atoms with Gasteiger partial charge in [0.05, 0.1) is 6.33 Å². The van der Waals surface area contributed by atoms with Crippen molar-refractivity contribution in [2.75, 3.05) is 23.8 Å². The molecule has 0 amide bonds. The van der Waals surface area contributed by atoms with Crippen molar-refractivity contribution in [2.45, 2.75) is 45.6 Å². The first-order chi connectivity index (χ1) is 10.2. The normalized spacial score (nSPS) is 16.0. The van der Waals surface area contributed by atoms with E-state index in [1.807, 2.05) is 7.05 Å².